The average molecular weight is 240 g/mol. The van der Waals surface area contributed by atoms with Gasteiger partial charge in [-0.2, -0.15) is 0 Å². The fraction of sp³-hybridized carbons (Fsp3) is 0.200. The van der Waals surface area contributed by atoms with Gasteiger partial charge in [-0.3, -0.25) is 9.59 Å². The molecule has 0 aliphatic heterocycles. The summed E-state index contributed by atoms with van der Waals surface area (Å²) in [6.45, 7) is 0. The van der Waals surface area contributed by atoms with E-state index in [2.05, 4.69) is 0 Å². The van der Waals surface area contributed by atoms with Crippen molar-refractivity contribution in [2.24, 2.45) is 5.41 Å². The van der Waals surface area contributed by atoms with Crippen LogP contribution in [0.5, 0.6) is 0 Å². The maximum absolute atomic E-state index is 12.1. The smallest absolute Gasteiger partial charge is 0.320 e. The van der Waals surface area contributed by atoms with E-state index in [1.807, 2.05) is 24.3 Å². The number of carbonyl (C=O) groups excluding carboxylic acids is 2. The lowest BCUT2D eigenvalue weighted by Gasteiger charge is -2.26. The Morgan fingerprint density at radius 1 is 1.33 bits per heavy atom. The molecule has 1 aromatic carbocycles. The van der Waals surface area contributed by atoms with Crippen LogP contribution in [-0.2, 0) is 20.7 Å². The Labute approximate surface area is 105 Å². The molecule has 2 aliphatic carbocycles. The summed E-state index contributed by atoms with van der Waals surface area (Å²) in [6.07, 6.45) is 5.23. The summed E-state index contributed by atoms with van der Waals surface area (Å²) >= 11 is 0. The van der Waals surface area contributed by atoms with Crippen LogP contribution in [0.3, 0.4) is 0 Å². The summed E-state index contributed by atoms with van der Waals surface area (Å²) in [4.78, 5) is 23.7. The summed E-state index contributed by atoms with van der Waals surface area (Å²) in [5.41, 5.74) is 2.00. The van der Waals surface area contributed by atoms with E-state index in [0.29, 0.717) is 6.42 Å². The minimum Gasteiger partial charge on any atom is -0.468 e. The van der Waals surface area contributed by atoms with E-state index in [1.165, 1.54) is 13.2 Å². The number of rotatable bonds is 1. The second kappa shape index (κ2) is 3.67. The molecule has 0 spiro atoms. The molecule has 3 rings (SSSR count). The number of hydrogen-bond acceptors (Lipinski definition) is 3. The van der Waals surface area contributed by atoms with Gasteiger partial charge in [0.15, 0.2) is 5.78 Å². The van der Waals surface area contributed by atoms with Crippen molar-refractivity contribution in [3.63, 3.8) is 0 Å². The molecule has 3 nitrogen and oxygen atoms in total. The van der Waals surface area contributed by atoms with Gasteiger partial charge < -0.3 is 4.74 Å². The number of allylic oxidation sites excluding steroid dienone is 2. The van der Waals surface area contributed by atoms with E-state index in [4.69, 9.17) is 4.74 Å². The molecule has 0 bridgehead atoms. The van der Waals surface area contributed by atoms with Crippen LogP contribution < -0.4 is 0 Å². The Morgan fingerprint density at radius 2 is 2.11 bits per heavy atom. The highest BCUT2D eigenvalue weighted by Gasteiger charge is 2.48. The van der Waals surface area contributed by atoms with Crippen LogP contribution in [0.15, 0.2) is 42.5 Å². The van der Waals surface area contributed by atoms with Crippen LogP contribution in [0.1, 0.15) is 11.1 Å². The molecule has 0 amide bonds. The van der Waals surface area contributed by atoms with E-state index >= 15 is 0 Å². The molecule has 0 N–H and O–H groups in total. The molecule has 18 heavy (non-hydrogen) atoms. The predicted molar refractivity (Wildman–Crippen MR) is 66.7 cm³/mol. The Hall–Kier alpha value is -2.16. The minimum absolute atomic E-state index is 0.0822. The van der Waals surface area contributed by atoms with E-state index in [0.717, 1.165) is 16.7 Å². The SMILES string of the molecule is COC(=O)C12C=CC(=O)C=C1c1ccccc1C2. The van der Waals surface area contributed by atoms with Gasteiger partial charge in [-0.1, -0.05) is 30.3 Å². The van der Waals surface area contributed by atoms with Crippen molar-refractivity contribution in [3.05, 3.63) is 53.6 Å². The summed E-state index contributed by atoms with van der Waals surface area (Å²) in [5.74, 6) is -0.394. The molecule has 3 heteroatoms. The third-order valence-electron chi connectivity index (χ3n) is 3.63. The molecule has 0 heterocycles. The summed E-state index contributed by atoms with van der Waals surface area (Å²) in [6, 6.07) is 7.78. The highest BCUT2D eigenvalue weighted by molar-refractivity contribution is 6.13. The first-order valence-corrected chi connectivity index (χ1v) is 5.79. The zero-order valence-corrected chi connectivity index (χ0v) is 9.97. The van der Waals surface area contributed by atoms with Crippen molar-refractivity contribution in [2.75, 3.05) is 7.11 Å². The van der Waals surface area contributed by atoms with Crippen molar-refractivity contribution < 1.29 is 14.3 Å². The van der Waals surface area contributed by atoms with Gasteiger partial charge in [-0.25, -0.2) is 0 Å². The highest BCUT2D eigenvalue weighted by Crippen LogP contribution is 2.49. The quantitative estimate of drug-likeness (QED) is 0.704. The Bertz CT molecular complexity index is 610. The van der Waals surface area contributed by atoms with Gasteiger partial charge in [-0.05, 0) is 35.3 Å². The first-order chi connectivity index (χ1) is 8.67. The number of ketones is 1. The molecular formula is C15H12O3. The molecule has 0 saturated carbocycles. The molecule has 1 atom stereocenters. The van der Waals surface area contributed by atoms with E-state index in [1.54, 1.807) is 12.2 Å². The zero-order valence-electron chi connectivity index (χ0n) is 9.97. The van der Waals surface area contributed by atoms with Crippen molar-refractivity contribution >= 4 is 17.3 Å². The number of fused-ring (bicyclic) bond motifs is 3. The topological polar surface area (TPSA) is 43.4 Å². The second-order valence-corrected chi connectivity index (χ2v) is 4.59. The van der Waals surface area contributed by atoms with Gasteiger partial charge in [-0.15, -0.1) is 0 Å². The maximum Gasteiger partial charge on any atom is 0.320 e. The van der Waals surface area contributed by atoms with E-state index < -0.39 is 5.41 Å². The van der Waals surface area contributed by atoms with E-state index in [9.17, 15) is 9.59 Å². The van der Waals surface area contributed by atoms with Crippen LogP contribution in [0.4, 0.5) is 0 Å². The van der Waals surface area contributed by atoms with Crippen LogP contribution in [0, 0.1) is 5.41 Å². The lowest BCUT2D eigenvalue weighted by Crippen LogP contribution is -2.32. The molecular weight excluding hydrogens is 228 g/mol. The number of esters is 1. The predicted octanol–water partition coefficient (Wildman–Crippen LogP) is 1.92. The summed E-state index contributed by atoms with van der Waals surface area (Å²) < 4.78 is 4.92. The number of benzene rings is 1. The van der Waals surface area contributed by atoms with Gasteiger partial charge >= 0.3 is 5.97 Å². The monoisotopic (exact) mass is 240 g/mol. The van der Waals surface area contributed by atoms with Crippen LogP contribution in [0.25, 0.3) is 5.57 Å². The average Bonchev–Trinajstić information content (AvgIpc) is 2.73. The van der Waals surface area contributed by atoms with Gasteiger partial charge in [0, 0.05) is 0 Å². The number of hydrogen-bond donors (Lipinski definition) is 0. The Balaban J connectivity index is 2.23. The number of ether oxygens (including phenoxy) is 1. The second-order valence-electron chi connectivity index (χ2n) is 4.59. The molecule has 2 aliphatic rings. The molecule has 1 unspecified atom stereocenters. The fourth-order valence-corrected chi connectivity index (χ4v) is 2.78. The molecule has 0 saturated heterocycles. The zero-order chi connectivity index (χ0) is 12.8. The Kier molecular flexibility index (Phi) is 2.23. The van der Waals surface area contributed by atoms with Crippen molar-refractivity contribution in [1.82, 2.24) is 0 Å². The lowest BCUT2D eigenvalue weighted by molar-refractivity contribution is -0.146. The largest absolute Gasteiger partial charge is 0.468 e. The molecule has 0 radical (unpaired) electrons. The van der Waals surface area contributed by atoms with Crippen molar-refractivity contribution in [2.45, 2.75) is 6.42 Å². The van der Waals surface area contributed by atoms with Gasteiger partial charge in [0.25, 0.3) is 0 Å². The summed E-state index contributed by atoms with van der Waals surface area (Å²) in [7, 11) is 1.38. The highest BCUT2D eigenvalue weighted by atomic mass is 16.5. The first kappa shape index (κ1) is 11.0. The molecule has 0 aromatic heterocycles. The first-order valence-electron chi connectivity index (χ1n) is 5.79. The maximum atomic E-state index is 12.1. The fourth-order valence-electron chi connectivity index (χ4n) is 2.78. The minimum atomic E-state index is -0.813. The van der Waals surface area contributed by atoms with E-state index in [-0.39, 0.29) is 11.8 Å². The lowest BCUT2D eigenvalue weighted by atomic mass is 9.77. The number of carbonyl (C=O) groups is 2. The molecule has 0 fully saturated rings. The Morgan fingerprint density at radius 3 is 2.89 bits per heavy atom. The van der Waals surface area contributed by atoms with Crippen LogP contribution in [-0.4, -0.2) is 18.9 Å². The molecule has 1 aromatic rings. The third kappa shape index (κ3) is 1.30. The molecule has 90 valence electrons. The van der Waals surface area contributed by atoms with Crippen molar-refractivity contribution in [1.29, 1.82) is 0 Å². The standard InChI is InChI=1S/C15H12O3/c1-18-14(17)15-7-6-11(16)8-13(15)12-5-3-2-4-10(12)9-15/h2-8H,9H2,1H3. The third-order valence-corrected chi connectivity index (χ3v) is 3.63. The van der Waals surface area contributed by atoms with Gasteiger partial charge in [0.05, 0.1) is 7.11 Å². The van der Waals surface area contributed by atoms with Gasteiger partial charge in [0.2, 0.25) is 0 Å². The normalized spacial score (nSPS) is 24.3. The number of methoxy groups -OCH3 is 1. The summed E-state index contributed by atoms with van der Waals surface area (Å²) in [5, 5.41) is 0. The van der Waals surface area contributed by atoms with Crippen molar-refractivity contribution in [3.8, 4) is 0 Å². The van der Waals surface area contributed by atoms with Crippen LogP contribution in [0.2, 0.25) is 0 Å². The van der Waals surface area contributed by atoms with Crippen LogP contribution >= 0.6 is 0 Å². The van der Waals surface area contributed by atoms with Gasteiger partial charge in [0.1, 0.15) is 5.41 Å².